The first-order valence-electron chi connectivity index (χ1n) is 7.84. The molecule has 1 aliphatic heterocycles. The van der Waals surface area contributed by atoms with Crippen molar-refractivity contribution in [2.75, 3.05) is 5.32 Å². The molecule has 0 spiro atoms. The molecule has 132 valence electrons. The van der Waals surface area contributed by atoms with E-state index in [2.05, 4.69) is 15.3 Å². The monoisotopic (exact) mass is 360 g/mol. The van der Waals surface area contributed by atoms with E-state index >= 15 is 0 Å². The normalized spacial score (nSPS) is 17.6. The summed E-state index contributed by atoms with van der Waals surface area (Å²) >= 11 is 1.31. The van der Waals surface area contributed by atoms with Crippen LogP contribution in [0.1, 0.15) is 59.0 Å². The van der Waals surface area contributed by atoms with Crippen LogP contribution in [-0.4, -0.2) is 27.4 Å². The molecule has 0 saturated heterocycles. The van der Waals surface area contributed by atoms with Gasteiger partial charge in [-0.05, 0) is 33.3 Å². The van der Waals surface area contributed by atoms with Gasteiger partial charge in [0.25, 0.3) is 11.8 Å². The van der Waals surface area contributed by atoms with Gasteiger partial charge in [-0.2, -0.15) is 0 Å². The van der Waals surface area contributed by atoms with Crippen LogP contribution in [0.25, 0.3) is 0 Å². The summed E-state index contributed by atoms with van der Waals surface area (Å²) in [7, 11) is 0. The SMILES string of the molecule is CC1(C)Cc2c(sc(NC(=O)c3cnccn3)c2C(N)=O)C(C)(C)O1. The zero-order chi connectivity index (χ0) is 18.4. The Labute approximate surface area is 149 Å². The number of thiophene rings is 1. The molecule has 8 heteroatoms. The third-order valence-electron chi connectivity index (χ3n) is 3.96. The summed E-state index contributed by atoms with van der Waals surface area (Å²) in [4.78, 5) is 33.3. The van der Waals surface area contributed by atoms with Crippen molar-refractivity contribution in [1.82, 2.24) is 9.97 Å². The average Bonchev–Trinajstić information content (AvgIpc) is 2.85. The van der Waals surface area contributed by atoms with Gasteiger partial charge in [0.1, 0.15) is 10.7 Å². The molecule has 0 bridgehead atoms. The Hall–Kier alpha value is -2.32. The highest BCUT2D eigenvalue weighted by Crippen LogP contribution is 2.48. The molecule has 2 amide bonds. The Kier molecular flexibility index (Phi) is 4.12. The Morgan fingerprint density at radius 3 is 2.60 bits per heavy atom. The first-order valence-corrected chi connectivity index (χ1v) is 8.66. The van der Waals surface area contributed by atoms with E-state index in [0.717, 1.165) is 10.4 Å². The van der Waals surface area contributed by atoms with Crippen LogP contribution in [0.4, 0.5) is 5.00 Å². The van der Waals surface area contributed by atoms with E-state index in [1.54, 1.807) is 0 Å². The van der Waals surface area contributed by atoms with Gasteiger partial charge in [0, 0.05) is 23.7 Å². The number of nitrogens with two attached hydrogens (primary N) is 1. The number of amides is 2. The molecule has 3 N–H and O–H groups in total. The highest BCUT2D eigenvalue weighted by Gasteiger charge is 2.42. The summed E-state index contributed by atoms with van der Waals surface area (Å²) in [6.07, 6.45) is 4.82. The second kappa shape index (κ2) is 5.89. The minimum Gasteiger partial charge on any atom is -0.365 e. The predicted molar refractivity (Wildman–Crippen MR) is 94.7 cm³/mol. The third kappa shape index (κ3) is 3.27. The number of hydrogen-bond donors (Lipinski definition) is 2. The average molecular weight is 360 g/mol. The molecule has 0 atom stereocenters. The lowest BCUT2D eigenvalue weighted by Crippen LogP contribution is -2.42. The van der Waals surface area contributed by atoms with Crippen molar-refractivity contribution in [2.45, 2.75) is 45.3 Å². The number of anilines is 1. The lowest BCUT2D eigenvalue weighted by atomic mass is 9.86. The van der Waals surface area contributed by atoms with Crippen molar-refractivity contribution in [1.29, 1.82) is 0 Å². The number of hydrogen-bond acceptors (Lipinski definition) is 6. The standard InChI is InChI=1S/C17H20N4O3S/c1-16(2)7-9-11(13(18)22)15(25-12(9)17(3,4)24-16)21-14(23)10-8-19-5-6-20-10/h5-6,8H,7H2,1-4H3,(H2,18,22)(H,21,23). The molecule has 7 nitrogen and oxygen atoms in total. The second-order valence-corrected chi connectivity index (χ2v) is 8.09. The van der Waals surface area contributed by atoms with Gasteiger partial charge in [-0.1, -0.05) is 0 Å². The van der Waals surface area contributed by atoms with Crippen LogP contribution in [0.5, 0.6) is 0 Å². The van der Waals surface area contributed by atoms with E-state index in [1.165, 1.54) is 29.9 Å². The number of nitrogens with zero attached hydrogens (tertiary/aromatic N) is 2. The van der Waals surface area contributed by atoms with E-state index in [-0.39, 0.29) is 5.69 Å². The molecule has 0 aromatic carbocycles. The van der Waals surface area contributed by atoms with Crippen LogP contribution in [0.2, 0.25) is 0 Å². The first kappa shape index (κ1) is 17.5. The molecule has 2 aromatic rings. The number of ether oxygens (including phenoxy) is 1. The molecule has 0 aliphatic carbocycles. The molecule has 2 aromatic heterocycles. The smallest absolute Gasteiger partial charge is 0.276 e. The maximum Gasteiger partial charge on any atom is 0.276 e. The third-order valence-corrected chi connectivity index (χ3v) is 5.41. The topological polar surface area (TPSA) is 107 Å². The molecular formula is C17H20N4O3S. The van der Waals surface area contributed by atoms with Crippen molar-refractivity contribution >= 4 is 28.2 Å². The second-order valence-electron chi connectivity index (χ2n) is 7.07. The quantitative estimate of drug-likeness (QED) is 0.874. The van der Waals surface area contributed by atoms with Gasteiger partial charge in [0.05, 0.1) is 23.0 Å². The Morgan fingerprint density at radius 1 is 1.28 bits per heavy atom. The molecular weight excluding hydrogens is 340 g/mol. The number of fused-ring (bicyclic) bond motifs is 1. The van der Waals surface area contributed by atoms with Crippen LogP contribution in [-0.2, 0) is 16.8 Å². The van der Waals surface area contributed by atoms with Crippen molar-refractivity contribution in [3.8, 4) is 0 Å². The summed E-state index contributed by atoms with van der Waals surface area (Å²) in [6, 6.07) is 0. The van der Waals surface area contributed by atoms with Crippen LogP contribution in [0, 0.1) is 0 Å². The van der Waals surface area contributed by atoms with Crippen molar-refractivity contribution in [3.63, 3.8) is 0 Å². The highest BCUT2D eigenvalue weighted by atomic mass is 32.1. The summed E-state index contributed by atoms with van der Waals surface area (Å²) in [5.74, 6) is -1.01. The lowest BCUT2D eigenvalue weighted by Gasteiger charge is -2.41. The van der Waals surface area contributed by atoms with Crippen molar-refractivity contribution in [3.05, 3.63) is 40.3 Å². The van der Waals surface area contributed by atoms with Gasteiger partial charge >= 0.3 is 0 Å². The fourth-order valence-electron chi connectivity index (χ4n) is 3.25. The largest absolute Gasteiger partial charge is 0.365 e. The lowest BCUT2D eigenvalue weighted by molar-refractivity contribution is -0.135. The highest BCUT2D eigenvalue weighted by molar-refractivity contribution is 7.17. The molecule has 25 heavy (non-hydrogen) atoms. The summed E-state index contributed by atoms with van der Waals surface area (Å²) < 4.78 is 6.15. The minimum absolute atomic E-state index is 0.167. The number of primary amides is 1. The van der Waals surface area contributed by atoms with Gasteiger partial charge in [0.2, 0.25) is 0 Å². The predicted octanol–water partition coefficient (Wildman–Crippen LogP) is 2.48. The Bertz CT molecular complexity index is 843. The van der Waals surface area contributed by atoms with E-state index in [9.17, 15) is 9.59 Å². The molecule has 3 heterocycles. The molecule has 1 aliphatic rings. The first-order chi connectivity index (χ1) is 11.6. The molecule has 0 fully saturated rings. The van der Waals surface area contributed by atoms with E-state index < -0.39 is 23.0 Å². The summed E-state index contributed by atoms with van der Waals surface area (Å²) in [6.45, 7) is 7.83. The minimum atomic E-state index is -0.582. The van der Waals surface area contributed by atoms with Crippen molar-refractivity contribution in [2.24, 2.45) is 5.73 Å². The maximum absolute atomic E-state index is 12.4. The molecule has 0 radical (unpaired) electrons. The van der Waals surface area contributed by atoms with E-state index in [4.69, 9.17) is 10.5 Å². The zero-order valence-electron chi connectivity index (χ0n) is 14.5. The Balaban J connectivity index is 2.06. The van der Waals surface area contributed by atoms with Crippen LogP contribution < -0.4 is 11.1 Å². The summed E-state index contributed by atoms with van der Waals surface area (Å²) in [5.41, 5.74) is 5.96. The van der Waals surface area contributed by atoms with Gasteiger partial charge in [-0.3, -0.25) is 14.6 Å². The van der Waals surface area contributed by atoms with E-state index in [0.29, 0.717) is 17.0 Å². The van der Waals surface area contributed by atoms with Gasteiger partial charge in [-0.15, -0.1) is 11.3 Å². The number of nitrogens with one attached hydrogen (secondary N) is 1. The van der Waals surface area contributed by atoms with Crippen molar-refractivity contribution < 1.29 is 14.3 Å². The van der Waals surface area contributed by atoms with Crippen LogP contribution in [0.15, 0.2) is 18.6 Å². The fraction of sp³-hybridized carbons (Fsp3) is 0.412. The van der Waals surface area contributed by atoms with Gasteiger partial charge < -0.3 is 15.8 Å². The maximum atomic E-state index is 12.4. The number of aromatic nitrogens is 2. The van der Waals surface area contributed by atoms with Gasteiger partial charge in [0.15, 0.2) is 0 Å². The van der Waals surface area contributed by atoms with Gasteiger partial charge in [-0.25, -0.2) is 4.98 Å². The molecule has 3 rings (SSSR count). The number of carbonyl (C=O) groups excluding carboxylic acids is 2. The zero-order valence-corrected chi connectivity index (χ0v) is 15.4. The molecule has 0 unspecified atom stereocenters. The van der Waals surface area contributed by atoms with Crippen LogP contribution in [0.3, 0.4) is 0 Å². The fourth-order valence-corrected chi connectivity index (χ4v) is 4.51. The van der Waals surface area contributed by atoms with Crippen LogP contribution >= 0.6 is 11.3 Å². The van der Waals surface area contributed by atoms with E-state index in [1.807, 2.05) is 27.7 Å². The number of rotatable bonds is 3. The molecule has 0 saturated carbocycles. The Morgan fingerprint density at radius 2 is 2.00 bits per heavy atom. The number of carbonyl (C=O) groups is 2. The summed E-state index contributed by atoms with van der Waals surface area (Å²) in [5, 5.41) is 3.17.